The number of hydrogen-bond donors (Lipinski definition) is 2. The molecular weight excluding hydrogens is 250 g/mol. The largest absolute Gasteiger partial charge is 0.490 e. The fourth-order valence-electron chi connectivity index (χ4n) is 1.98. The first-order valence-electron chi connectivity index (χ1n) is 6.82. The molecule has 20 heavy (non-hydrogen) atoms. The van der Waals surface area contributed by atoms with Crippen molar-refractivity contribution in [1.82, 2.24) is 0 Å². The summed E-state index contributed by atoms with van der Waals surface area (Å²) in [6, 6.07) is 15.2. The molecule has 0 heterocycles. The molecule has 0 amide bonds. The van der Waals surface area contributed by atoms with Crippen molar-refractivity contribution < 1.29 is 9.84 Å². The van der Waals surface area contributed by atoms with Crippen LogP contribution in [0.25, 0.3) is 0 Å². The molecule has 0 radical (unpaired) electrons. The van der Waals surface area contributed by atoms with Crippen molar-refractivity contribution in [2.45, 2.75) is 25.9 Å². The Kier molecular flexibility index (Phi) is 4.64. The number of aliphatic hydroxyl groups excluding tert-OH is 1. The molecule has 106 valence electrons. The monoisotopic (exact) mass is 271 g/mol. The highest BCUT2D eigenvalue weighted by molar-refractivity contribution is 5.43. The second-order valence-electron chi connectivity index (χ2n) is 5.22. The SMILES string of the molecule is CC(C)c1ccc(C(O)COc2cccc(N)c2)cc1. The van der Waals surface area contributed by atoms with Crippen LogP contribution in [0.2, 0.25) is 0 Å². The highest BCUT2D eigenvalue weighted by Gasteiger charge is 2.09. The van der Waals surface area contributed by atoms with Gasteiger partial charge in [0.05, 0.1) is 0 Å². The van der Waals surface area contributed by atoms with E-state index < -0.39 is 6.10 Å². The number of ether oxygens (including phenoxy) is 1. The lowest BCUT2D eigenvalue weighted by Gasteiger charge is -2.14. The number of hydrogen-bond acceptors (Lipinski definition) is 3. The van der Waals surface area contributed by atoms with Crippen LogP contribution in [-0.2, 0) is 0 Å². The van der Waals surface area contributed by atoms with Crippen molar-refractivity contribution >= 4 is 5.69 Å². The molecule has 3 N–H and O–H groups in total. The summed E-state index contributed by atoms with van der Waals surface area (Å²) in [5.41, 5.74) is 8.45. The highest BCUT2D eigenvalue weighted by Crippen LogP contribution is 2.21. The lowest BCUT2D eigenvalue weighted by atomic mass is 10.0. The zero-order chi connectivity index (χ0) is 14.5. The number of nitrogen functional groups attached to an aromatic ring is 1. The van der Waals surface area contributed by atoms with Gasteiger partial charge in [0.2, 0.25) is 0 Å². The minimum atomic E-state index is -0.641. The Morgan fingerprint density at radius 3 is 2.30 bits per heavy atom. The molecule has 0 aliphatic heterocycles. The zero-order valence-electron chi connectivity index (χ0n) is 11.9. The molecule has 0 spiro atoms. The minimum absolute atomic E-state index is 0.213. The first-order chi connectivity index (χ1) is 9.56. The molecule has 0 saturated heterocycles. The van der Waals surface area contributed by atoms with Crippen molar-refractivity contribution in [3.05, 3.63) is 59.7 Å². The van der Waals surface area contributed by atoms with Gasteiger partial charge in [-0.05, 0) is 29.2 Å². The third kappa shape index (κ3) is 3.75. The first kappa shape index (κ1) is 14.4. The summed E-state index contributed by atoms with van der Waals surface area (Å²) in [6.07, 6.45) is -0.641. The Morgan fingerprint density at radius 2 is 1.70 bits per heavy atom. The maximum absolute atomic E-state index is 10.1. The number of nitrogens with two attached hydrogens (primary N) is 1. The number of aliphatic hydroxyl groups is 1. The van der Waals surface area contributed by atoms with Crippen molar-refractivity contribution in [1.29, 1.82) is 0 Å². The van der Waals surface area contributed by atoms with Gasteiger partial charge in [-0.25, -0.2) is 0 Å². The molecule has 2 rings (SSSR count). The molecule has 0 fully saturated rings. The molecule has 1 unspecified atom stereocenters. The minimum Gasteiger partial charge on any atom is -0.490 e. The third-order valence-corrected chi connectivity index (χ3v) is 3.25. The Hall–Kier alpha value is -2.00. The number of rotatable bonds is 5. The van der Waals surface area contributed by atoms with Crippen molar-refractivity contribution in [2.24, 2.45) is 0 Å². The van der Waals surface area contributed by atoms with Crippen LogP contribution in [0, 0.1) is 0 Å². The highest BCUT2D eigenvalue weighted by atomic mass is 16.5. The smallest absolute Gasteiger partial charge is 0.121 e. The predicted octanol–water partition coefficient (Wildman–Crippen LogP) is 3.50. The van der Waals surface area contributed by atoms with Crippen LogP contribution < -0.4 is 10.5 Å². The van der Waals surface area contributed by atoms with Crippen LogP contribution in [0.4, 0.5) is 5.69 Å². The maximum Gasteiger partial charge on any atom is 0.121 e. The van der Waals surface area contributed by atoms with Crippen molar-refractivity contribution in [3.8, 4) is 5.75 Å². The van der Waals surface area contributed by atoms with Crippen LogP contribution in [0.1, 0.15) is 37.0 Å². The summed E-state index contributed by atoms with van der Waals surface area (Å²) < 4.78 is 5.55. The van der Waals surface area contributed by atoms with Crippen molar-refractivity contribution in [2.75, 3.05) is 12.3 Å². The molecule has 0 aliphatic carbocycles. The summed E-state index contributed by atoms with van der Waals surface area (Å²) in [4.78, 5) is 0. The van der Waals surface area contributed by atoms with Crippen LogP contribution in [0.5, 0.6) is 5.75 Å². The Balaban J connectivity index is 1.96. The van der Waals surface area contributed by atoms with E-state index >= 15 is 0 Å². The first-order valence-corrected chi connectivity index (χ1v) is 6.82. The van der Waals surface area contributed by atoms with Gasteiger partial charge in [0.25, 0.3) is 0 Å². The van der Waals surface area contributed by atoms with E-state index in [4.69, 9.17) is 10.5 Å². The lowest BCUT2D eigenvalue weighted by molar-refractivity contribution is 0.108. The van der Waals surface area contributed by atoms with Gasteiger partial charge in [0, 0.05) is 11.8 Å². The van der Waals surface area contributed by atoms with Gasteiger partial charge >= 0.3 is 0 Å². The quantitative estimate of drug-likeness (QED) is 0.818. The average Bonchev–Trinajstić information content (AvgIpc) is 2.45. The molecule has 0 aromatic heterocycles. The number of benzene rings is 2. The van der Waals surface area contributed by atoms with Gasteiger partial charge in [0.15, 0.2) is 0 Å². The van der Waals surface area contributed by atoms with E-state index in [9.17, 15) is 5.11 Å². The Bertz CT molecular complexity index is 549. The summed E-state index contributed by atoms with van der Waals surface area (Å²) >= 11 is 0. The molecule has 0 bridgehead atoms. The average molecular weight is 271 g/mol. The maximum atomic E-state index is 10.1. The lowest BCUT2D eigenvalue weighted by Crippen LogP contribution is -2.09. The van der Waals surface area contributed by atoms with Crippen LogP contribution in [0.15, 0.2) is 48.5 Å². The zero-order valence-corrected chi connectivity index (χ0v) is 11.9. The van der Waals surface area contributed by atoms with E-state index in [2.05, 4.69) is 13.8 Å². The standard InChI is InChI=1S/C17H21NO2/c1-12(2)13-6-8-14(9-7-13)17(19)11-20-16-5-3-4-15(18)10-16/h3-10,12,17,19H,11,18H2,1-2H3. The van der Waals surface area contributed by atoms with Crippen LogP contribution in [-0.4, -0.2) is 11.7 Å². The topological polar surface area (TPSA) is 55.5 Å². The van der Waals surface area contributed by atoms with E-state index in [1.165, 1.54) is 5.56 Å². The molecule has 1 atom stereocenters. The predicted molar refractivity (Wildman–Crippen MR) is 81.8 cm³/mol. The van der Waals surface area contributed by atoms with Crippen LogP contribution in [0.3, 0.4) is 0 Å². The van der Waals surface area contributed by atoms with Gasteiger partial charge in [-0.1, -0.05) is 44.2 Å². The van der Waals surface area contributed by atoms with Gasteiger partial charge < -0.3 is 15.6 Å². The fraction of sp³-hybridized carbons (Fsp3) is 0.294. The van der Waals surface area contributed by atoms with Gasteiger partial charge in [-0.2, -0.15) is 0 Å². The summed E-state index contributed by atoms with van der Waals surface area (Å²) in [5, 5.41) is 10.1. The second-order valence-corrected chi connectivity index (χ2v) is 5.22. The molecule has 0 aliphatic rings. The Morgan fingerprint density at radius 1 is 1.05 bits per heavy atom. The van der Waals surface area contributed by atoms with E-state index in [0.717, 1.165) is 5.56 Å². The van der Waals surface area contributed by atoms with Gasteiger partial charge in [-0.15, -0.1) is 0 Å². The molecule has 0 saturated carbocycles. The van der Waals surface area contributed by atoms with E-state index in [0.29, 0.717) is 17.4 Å². The number of anilines is 1. The fourth-order valence-corrected chi connectivity index (χ4v) is 1.98. The normalized spacial score (nSPS) is 12.4. The van der Waals surface area contributed by atoms with E-state index in [1.807, 2.05) is 36.4 Å². The Labute approximate surface area is 120 Å². The van der Waals surface area contributed by atoms with Crippen LogP contribution >= 0.6 is 0 Å². The summed E-state index contributed by atoms with van der Waals surface area (Å²) in [5.74, 6) is 1.16. The molecule has 3 heteroatoms. The molecular formula is C17H21NO2. The van der Waals surface area contributed by atoms with Crippen molar-refractivity contribution in [3.63, 3.8) is 0 Å². The second kappa shape index (κ2) is 6.44. The third-order valence-electron chi connectivity index (χ3n) is 3.25. The summed E-state index contributed by atoms with van der Waals surface area (Å²) in [6.45, 7) is 4.51. The van der Waals surface area contributed by atoms with E-state index in [1.54, 1.807) is 12.1 Å². The summed E-state index contributed by atoms with van der Waals surface area (Å²) in [7, 11) is 0. The molecule has 2 aromatic carbocycles. The molecule has 2 aromatic rings. The van der Waals surface area contributed by atoms with Gasteiger partial charge in [0.1, 0.15) is 18.5 Å². The van der Waals surface area contributed by atoms with E-state index in [-0.39, 0.29) is 6.61 Å². The molecule has 3 nitrogen and oxygen atoms in total. The van der Waals surface area contributed by atoms with Gasteiger partial charge in [-0.3, -0.25) is 0 Å².